The van der Waals surface area contributed by atoms with Gasteiger partial charge in [-0.2, -0.15) is 0 Å². The van der Waals surface area contributed by atoms with Crippen molar-refractivity contribution in [2.45, 2.75) is 38.8 Å². The Morgan fingerprint density at radius 2 is 2.00 bits per heavy atom. The van der Waals surface area contributed by atoms with E-state index in [1.54, 1.807) is 17.0 Å². The highest BCUT2D eigenvalue weighted by atomic mass is 35.5. The summed E-state index contributed by atoms with van der Waals surface area (Å²) in [5.74, 6) is 0.866. The molecular weight excluding hydrogens is 354 g/mol. The molecular formula is C19H26ClN3O3. The van der Waals surface area contributed by atoms with Gasteiger partial charge in [0.2, 0.25) is 5.91 Å². The molecule has 3 rings (SSSR count). The van der Waals surface area contributed by atoms with Crippen molar-refractivity contribution in [2.75, 3.05) is 26.2 Å². The Morgan fingerprint density at radius 1 is 1.23 bits per heavy atom. The number of hydrogen-bond donors (Lipinski definition) is 1. The number of urea groups is 1. The van der Waals surface area contributed by atoms with Crippen LogP contribution < -0.4 is 10.1 Å². The zero-order valence-corrected chi connectivity index (χ0v) is 16.0. The standard InChI is InChI=1S/C19H26ClN3O3/c1-13(2)18(24)22-8-4-6-15(10-22)21-19(25)23-11-17(12-23)26-16-7-3-5-14(20)9-16/h3,5,7,9,13,15,17H,4,6,8,10-12H2,1-2H3,(H,21,25)/t15-/m1/s1. The summed E-state index contributed by atoms with van der Waals surface area (Å²) in [5.41, 5.74) is 0. The highest BCUT2D eigenvalue weighted by Gasteiger charge is 2.34. The molecule has 2 aliphatic rings. The second kappa shape index (κ2) is 8.16. The third-order valence-electron chi connectivity index (χ3n) is 4.79. The summed E-state index contributed by atoms with van der Waals surface area (Å²) in [5, 5.41) is 3.69. The number of halogens is 1. The fraction of sp³-hybridized carbons (Fsp3) is 0.579. The van der Waals surface area contributed by atoms with Gasteiger partial charge in [0, 0.05) is 30.1 Å². The van der Waals surface area contributed by atoms with Crippen molar-refractivity contribution in [3.8, 4) is 5.75 Å². The van der Waals surface area contributed by atoms with E-state index in [2.05, 4.69) is 5.32 Å². The molecule has 1 atom stereocenters. The van der Waals surface area contributed by atoms with E-state index in [1.807, 2.05) is 30.9 Å². The van der Waals surface area contributed by atoms with Crippen LogP contribution in [0.2, 0.25) is 5.02 Å². The smallest absolute Gasteiger partial charge is 0.317 e. The van der Waals surface area contributed by atoms with Gasteiger partial charge in [0.15, 0.2) is 0 Å². The largest absolute Gasteiger partial charge is 0.487 e. The van der Waals surface area contributed by atoms with E-state index in [1.165, 1.54) is 0 Å². The van der Waals surface area contributed by atoms with Gasteiger partial charge >= 0.3 is 6.03 Å². The number of amides is 3. The average Bonchev–Trinajstić information content (AvgIpc) is 2.57. The molecule has 2 heterocycles. The van der Waals surface area contributed by atoms with Crippen LogP contribution in [0.1, 0.15) is 26.7 Å². The van der Waals surface area contributed by atoms with E-state index in [-0.39, 0.29) is 30.0 Å². The van der Waals surface area contributed by atoms with Crippen molar-refractivity contribution in [2.24, 2.45) is 5.92 Å². The maximum Gasteiger partial charge on any atom is 0.317 e. The zero-order chi connectivity index (χ0) is 18.7. The first-order valence-electron chi connectivity index (χ1n) is 9.19. The van der Waals surface area contributed by atoms with Crippen molar-refractivity contribution in [3.05, 3.63) is 29.3 Å². The van der Waals surface area contributed by atoms with Crippen LogP contribution in [-0.2, 0) is 4.79 Å². The Labute approximate surface area is 159 Å². The minimum atomic E-state index is -0.0835. The SMILES string of the molecule is CC(C)C(=O)N1CCC[C@@H](NC(=O)N2CC(Oc3cccc(Cl)c3)C2)C1. The van der Waals surface area contributed by atoms with Gasteiger partial charge in [-0.25, -0.2) is 4.79 Å². The Kier molecular flexibility index (Phi) is 5.91. The van der Waals surface area contributed by atoms with E-state index >= 15 is 0 Å². The van der Waals surface area contributed by atoms with Crippen LogP contribution in [0.15, 0.2) is 24.3 Å². The number of rotatable bonds is 4. The van der Waals surface area contributed by atoms with Gasteiger partial charge in [0.05, 0.1) is 13.1 Å². The zero-order valence-electron chi connectivity index (χ0n) is 15.3. The third-order valence-corrected chi connectivity index (χ3v) is 5.02. The van der Waals surface area contributed by atoms with Crippen molar-refractivity contribution < 1.29 is 14.3 Å². The molecule has 1 aromatic rings. The molecule has 0 radical (unpaired) electrons. The lowest BCUT2D eigenvalue weighted by Gasteiger charge is -2.41. The molecule has 2 saturated heterocycles. The van der Waals surface area contributed by atoms with Gasteiger partial charge in [-0.05, 0) is 31.0 Å². The summed E-state index contributed by atoms with van der Waals surface area (Å²) in [7, 11) is 0. The van der Waals surface area contributed by atoms with Crippen LogP contribution in [0.25, 0.3) is 0 Å². The number of benzene rings is 1. The van der Waals surface area contributed by atoms with Crippen molar-refractivity contribution in [3.63, 3.8) is 0 Å². The molecule has 2 aliphatic heterocycles. The number of carbonyl (C=O) groups is 2. The summed E-state index contributed by atoms with van der Waals surface area (Å²) < 4.78 is 5.82. The highest BCUT2D eigenvalue weighted by Crippen LogP contribution is 2.22. The lowest BCUT2D eigenvalue weighted by atomic mass is 10.0. The van der Waals surface area contributed by atoms with Gasteiger partial charge in [0.25, 0.3) is 0 Å². The first-order valence-corrected chi connectivity index (χ1v) is 9.56. The van der Waals surface area contributed by atoms with E-state index < -0.39 is 0 Å². The molecule has 0 unspecified atom stereocenters. The summed E-state index contributed by atoms with van der Waals surface area (Å²) >= 11 is 5.95. The van der Waals surface area contributed by atoms with Crippen LogP contribution >= 0.6 is 11.6 Å². The Bertz CT molecular complexity index is 661. The third kappa shape index (κ3) is 4.61. The second-order valence-electron chi connectivity index (χ2n) is 7.33. The predicted octanol–water partition coefficient (Wildman–Crippen LogP) is 2.76. The van der Waals surface area contributed by atoms with E-state index in [9.17, 15) is 9.59 Å². The summed E-state index contributed by atoms with van der Waals surface area (Å²) in [6.07, 6.45) is 1.82. The van der Waals surface area contributed by atoms with Crippen LogP contribution in [0.3, 0.4) is 0 Å². The molecule has 0 bridgehead atoms. The van der Waals surface area contributed by atoms with Gasteiger partial charge in [-0.3, -0.25) is 4.79 Å². The lowest BCUT2D eigenvalue weighted by molar-refractivity contribution is -0.135. The van der Waals surface area contributed by atoms with Crippen LogP contribution in [-0.4, -0.2) is 60.1 Å². The van der Waals surface area contributed by atoms with Crippen molar-refractivity contribution >= 4 is 23.5 Å². The fourth-order valence-corrected chi connectivity index (χ4v) is 3.52. The second-order valence-corrected chi connectivity index (χ2v) is 7.77. The number of likely N-dealkylation sites (tertiary alicyclic amines) is 2. The molecule has 0 saturated carbocycles. The lowest BCUT2D eigenvalue weighted by Crippen LogP contribution is -2.61. The molecule has 6 nitrogen and oxygen atoms in total. The molecule has 0 spiro atoms. The topological polar surface area (TPSA) is 61.9 Å². The maximum atomic E-state index is 12.4. The van der Waals surface area contributed by atoms with Crippen LogP contribution in [0, 0.1) is 5.92 Å². The molecule has 2 fully saturated rings. The number of ether oxygens (including phenoxy) is 1. The van der Waals surface area contributed by atoms with Crippen molar-refractivity contribution in [1.82, 2.24) is 15.1 Å². The number of piperidine rings is 1. The fourth-order valence-electron chi connectivity index (χ4n) is 3.34. The Morgan fingerprint density at radius 3 is 2.69 bits per heavy atom. The van der Waals surface area contributed by atoms with Gasteiger partial charge in [-0.1, -0.05) is 31.5 Å². The van der Waals surface area contributed by atoms with Gasteiger partial charge < -0.3 is 19.9 Å². The number of carbonyl (C=O) groups excluding carboxylic acids is 2. The van der Waals surface area contributed by atoms with Gasteiger partial charge in [-0.15, -0.1) is 0 Å². The first kappa shape index (κ1) is 18.8. The van der Waals surface area contributed by atoms with Crippen molar-refractivity contribution in [1.29, 1.82) is 0 Å². The summed E-state index contributed by atoms with van der Waals surface area (Å²) in [6, 6.07) is 7.20. The summed E-state index contributed by atoms with van der Waals surface area (Å²) in [4.78, 5) is 28.1. The predicted molar refractivity (Wildman–Crippen MR) is 100 cm³/mol. The van der Waals surface area contributed by atoms with Crippen LogP contribution in [0.4, 0.5) is 4.79 Å². The molecule has 1 N–H and O–H groups in total. The normalized spacial score (nSPS) is 20.7. The minimum Gasteiger partial charge on any atom is -0.487 e. The van der Waals surface area contributed by atoms with Gasteiger partial charge in [0.1, 0.15) is 11.9 Å². The monoisotopic (exact) mass is 379 g/mol. The molecule has 1 aromatic carbocycles. The van der Waals surface area contributed by atoms with E-state index in [4.69, 9.17) is 16.3 Å². The molecule has 26 heavy (non-hydrogen) atoms. The maximum absolute atomic E-state index is 12.4. The van der Waals surface area contributed by atoms with Crippen LogP contribution in [0.5, 0.6) is 5.75 Å². The molecule has 0 aromatic heterocycles. The molecule has 3 amide bonds. The Hall–Kier alpha value is -1.95. The molecule has 0 aliphatic carbocycles. The number of nitrogens with zero attached hydrogens (tertiary/aromatic N) is 2. The van der Waals surface area contributed by atoms with E-state index in [0.717, 1.165) is 25.1 Å². The summed E-state index contributed by atoms with van der Waals surface area (Å²) in [6.45, 7) is 6.30. The minimum absolute atomic E-state index is 0.00964. The average molecular weight is 380 g/mol. The molecule has 142 valence electrons. The number of hydrogen-bond acceptors (Lipinski definition) is 3. The highest BCUT2D eigenvalue weighted by molar-refractivity contribution is 6.30. The Balaban J connectivity index is 1.43. The molecule has 7 heteroatoms. The first-order chi connectivity index (χ1) is 12.4. The number of nitrogens with one attached hydrogen (secondary N) is 1. The quantitative estimate of drug-likeness (QED) is 0.875. The van der Waals surface area contributed by atoms with E-state index in [0.29, 0.717) is 24.7 Å².